The summed E-state index contributed by atoms with van der Waals surface area (Å²) >= 11 is 0. The minimum absolute atomic E-state index is 0. The molecule has 0 saturated carbocycles. The van der Waals surface area contributed by atoms with Gasteiger partial charge in [-0.2, -0.15) is 0 Å². The van der Waals surface area contributed by atoms with Gasteiger partial charge in [-0.05, 0) is 0 Å². The van der Waals surface area contributed by atoms with Gasteiger partial charge in [0.1, 0.15) is 0 Å². The molecule has 0 saturated heterocycles. The summed E-state index contributed by atoms with van der Waals surface area (Å²) in [7, 11) is 1.35. The second kappa shape index (κ2) is 1.58. The molecule has 0 radical (unpaired) electrons. The quantitative estimate of drug-likeness (QED) is 0.305. The predicted molar refractivity (Wildman–Crippen MR) is 20.0 cm³/mol. The van der Waals surface area contributed by atoms with Gasteiger partial charge in [-0.25, -0.2) is 0 Å². The molecule has 0 bridgehead atoms. The molecule has 0 rings (SSSR count). The van der Waals surface area contributed by atoms with Crippen LogP contribution in [0.1, 0.15) is 1.43 Å². The Hall–Kier alpha value is -0.730. The number of nitrogens with one attached hydrogen (secondary N) is 1. The van der Waals surface area contributed by atoms with Crippen molar-refractivity contribution < 1.29 is 6.16 Å². The molecule has 0 unspecified atom stereocenters. The molecule has 0 heterocycles. The van der Waals surface area contributed by atoms with Crippen LogP contribution in [0.2, 0.25) is 0 Å². The van der Waals surface area contributed by atoms with Gasteiger partial charge in [-0.1, -0.05) is 0 Å². The molecule has 0 spiro atoms. The van der Waals surface area contributed by atoms with E-state index in [1.54, 1.807) is 0 Å². The lowest BCUT2D eigenvalue weighted by molar-refractivity contribution is 0.393. The first-order chi connectivity index (χ1) is 2.27. The highest BCUT2D eigenvalue weighted by molar-refractivity contribution is 5.67. The van der Waals surface area contributed by atoms with Crippen molar-refractivity contribution in [2.24, 2.45) is 5.73 Å². The van der Waals surface area contributed by atoms with E-state index >= 15 is 0 Å². The van der Waals surface area contributed by atoms with Gasteiger partial charge in [0.15, 0.2) is 0 Å². The molecule has 0 aliphatic heterocycles. The molecule has 0 fully saturated rings. The van der Waals surface area contributed by atoms with Gasteiger partial charge in [0.2, 0.25) is 0 Å². The van der Waals surface area contributed by atoms with Gasteiger partial charge < -0.3 is 10.5 Å². The molecular formula is C2H7N2O+. The van der Waals surface area contributed by atoms with Crippen molar-refractivity contribution in [3.8, 4) is 0 Å². The fourth-order valence-corrected chi connectivity index (χ4v) is 0. The number of hydrogen-bond acceptors (Lipinski definition) is 2. The summed E-state index contributed by atoms with van der Waals surface area (Å²) in [6, 6.07) is -0.245. The molecule has 0 aromatic rings. The minimum atomic E-state index is -0.245. The minimum Gasteiger partial charge on any atom is -0.469 e. The van der Waals surface area contributed by atoms with E-state index in [-0.39, 0.29) is 7.45 Å². The second-order valence-corrected chi connectivity index (χ2v) is 0.568. The van der Waals surface area contributed by atoms with E-state index in [4.69, 9.17) is 5.41 Å². The Kier molecular flexibility index (Phi) is 1.35. The highest BCUT2D eigenvalue weighted by atomic mass is 16.5. The van der Waals surface area contributed by atoms with Crippen molar-refractivity contribution >= 4 is 6.02 Å². The van der Waals surface area contributed by atoms with Crippen LogP contribution < -0.4 is 5.73 Å². The number of ether oxygens (including phenoxy) is 1. The van der Waals surface area contributed by atoms with E-state index < -0.39 is 0 Å². The third-order valence-corrected chi connectivity index (χ3v) is 0.220. The fraction of sp³-hybridized carbons (Fsp3) is 0.500. The van der Waals surface area contributed by atoms with Crippen LogP contribution in [-0.4, -0.2) is 13.1 Å². The van der Waals surface area contributed by atoms with E-state index in [9.17, 15) is 0 Å². The fourth-order valence-electron chi connectivity index (χ4n) is 0. The number of methoxy groups -OCH3 is 1. The van der Waals surface area contributed by atoms with Crippen LogP contribution in [0, 0.1) is 5.41 Å². The zero-order chi connectivity index (χ0) is 4.28. The Morgan fingerprint density at radius 3 is 2.40 bits per heavy atom. The van der Waals surface area contributed by atoms with Crippen LogP contribution in [0.3, 0.4) is 0 Å². The van der Waals surface area contributed by atoms with Crippen molar-refractivity contribution in [2.45, 2.75) is 0 Å². The van der Waals surface area contributed by atoms with Crippen LogP contribution in [0.15, 0.2) is 0 Å². The zero-order valence-electron chi connectivity index (χ0n) is 3.99. The molecule has 0 atom stereocenters. The molecule has 0 amide bonds. The lowest BCUT2D eigenvalue weighted by Gasteiger charge is -1.85. The average Bonchev–Trinajstić information content (AvgIpc) is 1.38. The van der Waals surface area contributed by atoms with Gasteiger partial charge in [0, 0.05) is 0 Å². The molecule has 3 nitrogen and oxygen atoms in total. The summed E-state index contributed by atoms with van der Waals surface area (Å²) in [5.41, 5.74) is 4.65. The zero-order valence-corrected chi connectivity index (χ0v) is 2.99. The van der Waals surface area contributed by atoms with Gasteiger partial charge in [-0.15, -0.1) is 0 Å². The van der Waals surface area contributed by atoms with Crippen molar-refractivity contribution in [1.82, 2.24) is 0 Å². The molecule has 0 aromatic carbocycles. The van der Waals surface area contributed by atoms with Gasteiger partial charge >= 0.3 is 1.43 Å². The smallest absolute Gasteiger partial charge is 0.469 e. The normalized spacial score (nSPS) is 6.60. The maximum atomic E-state index is 6.30. The highest BCUT2D eigenvalue weighted by Gasteiger charge is 1.68. The van der Waals surface area contributed by atoms with E-state index in [0.717, 1.165) is 0 Å². The van der Waals surface area contributed by atoms with E-state index in [1.165, 1.54) is 7.11 Å². The molecule has 30 valence electrons. The topological polar surface area (TPSA) is 59.1 Å². The molecular weight excluding hydrogens is 68.0 g/mol. The van der Waals surface area contributed by atoms with Crippen molar-refractivity contribution in [2.75, 3.05) is 7.11 Å². The number of nitrogens with two attached hydrogens (primary N) is 1. The van der Waals surface area contributed by atoms with Crippen LogP contribution in [0.4, 0.5) is 0 Å². The summed E-state index contributed by atoms with van der Waals surface area (Å²) in [4.78, 5) is 0. The Balaban J connectivity index is 0. The van der Waals surface area contributed by atoms with Crippen LogP contribution in [-0.2, 0) is 4.74 Å². The maximum Gasteiger partial charge on any atom is 1.00 e. The Morgan fingerprint density at radius 2 is 2.40 bits per heavy atom. The largest absolute Gasteiger partial charge is 1.00 e. The summed E-state index contributed by atoms with van der Waals surface area (Å²) in [5.74, 6) is 0. The molecule has 0 aliphatic rings. The number of rotatable bonds is 0. The van der Waals surface area contributed by atoms with Gasteiger partial charge in [-0.3, -0.25) is 5.41 Å². The number of amidine groups is 1. The second-order valence-electron chi connectivity index (χ2n) is 0.568. The summed E-state index contributed by atoms with van der Waals surface area (Å²) in [5, 5.41) is 6.30. The predicted octanol–water partition coefficient (Wildman–Crippen LogP) is -0.361. The third-order valence-electron chi connectivity index (χ3n) is 0.220. The SMILES string of the molecule is COC(=N)N.[H+]. The highest BCUT2D eigenvalue weighted by Crippen LogP contribution is 1.50. The summed E-state index contributed by atoms with van der Waals surface area (Å²) < 4.78 is 4.11. The molecule has 3 heteroatoms. The van der Waals surface area contributed by atoms with Crippen LogP contribution in [0.5, 0.6) is 0 Å². The lowest BCUT2D eigenvalue weighted by Crippen LogP contribution is -2.10. The summed E-state index contributed by atoms with van der Waals surface area (Å²) in [6.45, 7) is 0. The first-order valence-corrected chi connectivity index (χ1v) is 1.15. The molecule has 0 aromatic heterocycles. The molecule has 5 heavy (non-hydrogen) atoms. The first kappa shape index (κ1) is 4.27. The Morgan fingerprint density at radius 1 is 2.20 bits per heavy atom. The van der Waals surface area contributed by atoms with Gasteiger partial charge in [0.25, 0.3) is 6.02 Å². The van der Waals surface area contributed by atoms with Crippen LogP contribution in [0.25, 0.3) is 0 Å². The molecule has 3 N–H and O–H groups in total. The Bertz CT molecular complexity index is 46.8. The van der Waals surface area contributed by atoms with Gasteiger partial charge in [0.05, 0.1) is 7.11 Å². The van der Waals surface area contributed by atoms with Crippen molar-refractivity contribution in [3.05, 3.63) is 0 Å². The van der Waals surface area contributed by atoms with E-state index in [0.29, 0.717) is 0 Å². The average molecular weight is 75.1 g/mol. The Labute approximate surface area is 31.7 Å². The van der Waals surface area contributed by atoms with Crippen molar-refractivity contribution in [3.63, 3.8) is 0 Å². The van der Waals surface area contributed by atoms with Crippen molar-refractivity contribution in [1.29, 1.82) is 5.41 Å². The van der Waals surface area contributed by atoms with Crippen LogP contribution >= 0.6 is 0 Å². The third kappa shape index (κ3) is 3.27. The monoisotopic (exact) mass is 75.1 g/mol. The number of hydrogen-bond donors (Lipinski definition) is 2. The van der Waals surface area contributed by atoms with E-state index in [1.807, 2.05) is 0 Å². The standard InChI is InChI=1S/C2H6N2O/c1-5-2(3)4/h1H3,(H3,3,4)/p+1. The van der Waals surface area contributed by atoms with E-state index in [2.05, 4.69) is 10.5 Å². The first-order valence-electron chi connectivity index (χ1n) is 1.15. The maximum absolute atomic E-state index is 6.30. The summed E-state index contributed by atoms with van der Waals surface area (Å²) in [6.07, 6.45) is 0. The molecule has 0 aliphatic carbocycles. The lowest BCUT2D eigenvalue weighted by atomic mass is 11.2.